The molecule has 1 N–H and O–H groups in total. The second-order valence-electron chi connectivity index (χ2n) is 2.98. The molecule has 1 aromatic rings. The first kappa shape index (κ1) is 12.0. The summed E-state index contributed by atoms with van der Waals surface area (Å²) in [5.41, 5.74) is 3.46. The van der Waals surface area contributed by atoms with Crippen LogP contribution in [0.5, 0.6) is 0 Å². The van der Waals surface area contributed by atoms with Crippen molar-refractivity contribution in [2.24, 2.45) is 5.10 Å². The first-order chi connectivity index (χ1) is 7.63. The molecule has 0 radical (unpaired) electrons. The van der Waals surface area contributed by atoms with E-state index < -0.39 is 4.92 Å². The molecule has 0 heterocycles. The monoisotopic (exact) mass is 223 g/mol. The van der Waals surface area contributed by atoms with E-state index in [-0.39, 0.29) is 5.69 Å². The van der Waals surface area contributed by atoms with Gasteiger partial charge < -0.3 is 4.74 Å². The summed E-state index contributed by atoms with van der Waals surface area (Å²) in [7, 11) is 0. The Labute approximate surface area is 93.1 Å². The second-order valence-corrected chi connectivity index (χ2v) is 2.98. The highest BCUT2D eigenvalue weighted by Gasteiger charge is 2.02. The van der Waals surface area contributed by atoms with Gasteiger partial charge in [-0.05, 0) is 19.1 Å². The van der Waals surface area contributed by atoms with Gasteiger partial charge in [-0.25, -0.2) is 0 Å². The summed E-state index contributed by atoms with van der Waals surface area (Å²) in [6.07, 6.45) is 0. The summed E-state index contributed by atoms with van der Waals surface area (Å²) in [6, 6.07) is 5.99. The molecule has 1 rings (SSSR count). The van der Waals surface area contributed by atoms with Crippen LogP contribution >= 0.6 is 0 Å². The number of rotatable bonds is 4. The number of nitro groups is 1. The van der Waals surface area contributed by atoms with Crippen molar-refractivity contribution in [1.82, 2.24) is 0 Å². The molecule has 0 saturated heterocycles. The SMILES string of the molecule is CCO/C(C)=N/Nc1ccc([N+](=O)[O-])cc1. The van der Waals surface area contributed by atoms with Crippen LogP contribution < -0.4 is 5.43 Å². The Morgan fingerprint density at radius 3 is 2.62 bits per heavy atom. The molecule has 0 saturated carbocycles. The van der Waals surface area contributed by atoms with Crippen LogP contribution in [0.25, 0.3) is 0 Å². The summed E-state index contributed by atoms with van der Waals surface area (Å²) in [6.45, 7) is 4.14. The van der Waals surface area contributed by atoms with Crippen LogP contribution in [0.1, 0.15) is 13.8 Å². The minimum Gasteiger partial charge on any atom is -0.480 e. The van der Waals surface area contributed by atoms with Crippen LogP contribution in [0, 0.1) is 10.1 Å². The second kappa shape index (κ2) is 5.69. The minimum atomic E-state index is -0.446. The van der Waals surface area contributed by atoms with E-state index in [9.17, 15) is 10.1 Å². The number of ether oxygens (including phenoxy) is 1. The molecule has 0 bridgehead atoms. The van der Waals surface area contributed by atoms with E-state index in [0.29, 0.717) is 18.2 Å². The maximum absolute atomic E-state index is 10.4. The molecular weight excluding hydrogens is 210 g/mol. The minimum absolute atomic E-state index is 0.0519. The summed E-state index contributed by atoms with van der Waals surface area (Å²) in [4.78, 5) is 9.96. The Balaban J connectivity index is 2.62. The van der Waals surface area contributed by atoms with E-state index in [1.54, 1.807) is 19.1 Å². The molecule has 0 aliphatic heterocycles. The Kier molecular flexibility index (Phi) is 4.26. The van der Waals surface area contributed by atoms with E-state index in [1.165, 1.54) is 12.1 Å². The van der Waals surface area contributed by atoms with Crippen LogP contribution in [-0.4, -0.2) is 17.4 Å². The fraction of sp³-hybridized carbons (Fsp3) is 0.300. The van der Waals surface area contributed by atoms with Gasteiger partial charge in [-0.1, -0.05) is 0 Å². The molecule has 86 valence electrons. The van der Waals surface area contributed by atoms with Crippen molar-refractivity contribution < 1.29 is 9.66 Å². The van der Waals surface area contributed by atoms with Crippen LogP contribution in [0.3, 0.4) is 0 Å². The molecule has 0 spiro atoms. The lowest BCUT2D eigenvalue weighted by Crippen LogP contribution is -2.02. The number of nitro benzene ring substituents is 1. The van der Waals surface area contributed by atoms with Crippen molar-refractivity contribution in [3.63, 3.8) is 0 Å². The van der Waals surface area contributed by atoms with Gasteiger partial charge in [0.25, 0.3) is 5.69 Å². The number of nitrogens with zero attached hydrogens (tertiary/aromatic N) is 2. The Bertz CT molecular complexity index is 387. The lowest BCUT2D eigenvalue weighted by atomic mass is 10.3. The van der Waals surface area contributed by atoms with Gasteiger partial charge in [0.05, 0.1) is 17.2 Å². The first-order valence-electron chi connectivity index (χ1n) is 4.81. The zero-order valence-corrected chi connectivity index (χ0v) is 9.14. The quantitative estimate of drug-likeness (QED) is 0.368. The van der Waals surface area contributed by atoms with Crippen LogP contribution in [0.2, 0.25) is 0 Å². The van der Waals surface area contributed by atoms with E-state index in [1.807, 2.05) is 6.92 Å². The molecule has 6 nitrogen and oxygen atoms in total. The topological polar surface area (TPSA) is 76.8 Å². The third kappa shape index (κ3) is 3.56. The molecule has 0 aliphatic rings. The van der Waals surface area contributed by atoms with E-state index in [4.69, 9.17) is 4.74 Å². The number of anilines is 1. The number of hydrogen-bond donors (Lipinski definition) is 1. The number of non-ortho nitro benzene ring substituents is 1. The average molecular weight is 223 g/mol. The van der Waals surface area contributed by atoms with Crippen molar-refractivity contribution in [3.8, 4) is 0 Å². The Hall–Kier alpha value is -2.11. The average Bonchev–Trinajstić information content (AvgIpc) is 2.27. The highest BCUT2D eigenvalue weighted by atomic mass is 16.6. The summed E-state index contributed by atoms with van der Waals surface area (Å²) in [5.74, 6) is 0.515. The summed E-state index contributed by atoms with van der Waals surface area (Å²) >= 11 is 0. The fourth-order valence-electron chi connectivity index (χ4n) is 1.04. The summed E-state index contributed by atoms with van der Waals surface area (Å²) in [5, 5.41) is 14.3. The maximum atomic E-state index is 10.4. The predicted octanol–water partition coefficient (Wildman–Crippen LogP) is 2.38. The van der Waals surface area contributed by atoms with Gasteiger partial charge >= 0.3 is 0 Å². The summed E-state index contributed by atoms with van der Waals surface area (Å²) < 4.78 is 5.10. The van der Waals surface area contributed by atoms with Crippen LogP contribution in [0.15, 0.2) is 29.4 Å². The maximum Gasteiger partial charge on any atom is 0.269 e. The van der Waals surface area contributed by atoms with E-state index in [0.717, 1.165) is 0 Å². The van der Waals surface area contributed by atoms with Gasteiger partial charge in [0.2, 0.25) is 5.90 Å². The van der Waals surface area contributed by atoms with Gasteiger partial charge in [-0.3, -0.25) is 15.5 Å². The van der Waals surface area contributed by atoms with Gasteiger partial charge in [-0.2, -0.15) is 0 Å². The molecule has 0 aliphatic carbocycles. The number of hydrogen-bond acceptors (Lipinski definition) is 5. The Morgan fingerprint density at radius 2 is 2.12 bits per heavy atom. The molecular formula is C10H13N3O3. The van der Waals surface area contributed by atoms with Gasteiger partial charge in [-0.15, -0.1) is 5.10 Å². The van der Waals surface area contributed by atoms with Crippen molar-refractivity contribution in [3.05, 3.63) is 34.4 Å². The zero-order valence-electron chi connectivity index (χ0n) is 9.14. The van der Waals surface area contributed by atoms with Crippen molar-refractivity contribution in [2.75, 3.05) is 12.0 Å². The molecule has 0 unspecified atom stereocenters. The molecule has 0 fully saturated rings. The largest absolute Gasteiger partial charge is 0.480 e. The smallest absolute Gasteiger partial charge is 0.269 e. The predicted molar refractivity (Wildman–Crippen MR) is 61.5 cm³/mol. The molecule has 6 heteroatoms. The third-order valence-electron chi connectivity index (χ3n) is 1.77. The van der Waals surface area contributed by atoms with Crippen LogP contribution in [-0.2, 0) is 4.74 Å². The first-order valence-corrected chi connectivity index (χ1v) is 4.81. The normalized spacial score (nSPS) is 11.0. The highest BCUT2D eigenvalue weighted by Crippen LogP contribution is 2.15. The van der Waals surface area contributed by atoms with E-state index >= 15 is 0 Å². The van der Waals surface area contributed by atoms with Gasteiger partial charge in [0, 0.05) is 19.1 Å². The zero-order chi connectivity index (χ0) is 12.0. The van der Waals surface area contributed by atoms with E-state index in [2.05, 4.69) is 10.5 Å². The third-order valence-corrected chi connectivity index (χ3v) is 1.77. The lowest BCUT2D eigenvalue weighted by molar-refractivity contribution is -0.384. The molecule has 0 atom stereocenters. The Morgan fingerprint density at radius 1 is 1.50 bits per heavy atom. The van der Waals surface area contributed by atoms with Crippen LogP contribution in [0.4, 0.5) is 11.4 Å². The van der Waals surface area contributed by atoms with Gasteiger partial charge in [0.15, 0.2) is 0 Å². The molecule has 16 heavy (non-hydrogen) atoms. The van der Waals surface area contributed by atoms with Crippen molar-refractivity contribution in [1.29, 1.82) is 0 Å². The van der Waals surface area contributed by atoms with Crippen molar-refractivity contribution >= 4 is 17.3 Å². The number of hydrazone groups is 1. The molecule has 1 aromatic carbocycles. The lowest BCUT2D eigenvalue weighted by Gasteiger charge is -2.03. The number of benzene rings is 1. The molecule has 0 aromatic heterocycles. The standard InChI is InChI=1S/C10H13N3O3/c1-3-16-8(2)11-12-9-4-6-10(7-5-9)13(14)15/h4-7,12H,3H2,1-2H3/b11-8+. The molecule has 0 amide bonds. The van der Waals surface area contributed by atoms with Crippen molar-refractivity contribution in [2.45, 2.75) is 13.8 Å². The fourth-order valence-corrected chi connectivity index (χ4v) is 1.04. The van der Waals surface area contributed by atoms with Gasteiger partial charge in [0.1, 0.15) is 0 Å². The highest BCUT2D eigenvalue weighted by molar-refractivity contribution is 5.74. The number of nitrogens with one attached hydrogen (secondary N) is 1.